The number of aryl methyl sites for hydroxylation is 2. The van der Waals surface area contributed by atoms with E-state index in [9.17, 15) is 0 Å². The Hall–Kier alpha value is -5.08. The first kappa shape index (κ1) is 24.0. The van der Waals surface area contributed by atoms with Crippen LogP contribution in [0.5, 0.6) is 0 Å². The van der Waals surface area contributed by atoms with Gasteiger partial charge in [-0.2, -0.15) is 0 Å². The summed E-state index contributed by atoms with van der Waals surface area (Å²) in [6.45, 7) is 4.22. The van der Waals surface area contributed by atoms with Crippen molar-refractivity contribution in [2.24, 2.45) is 0 Å². The summed E-state index contributed by atoms with van der Waals surface area (Å²) < 4.78 is 0. The largest absolute Gasteiger partial charge is 0.264 e. The number of aromatic nitrogens is 2. The molecule has 7 rings (SSSR count). The first-order valence-electron chi connectivity index (χ1n) is 13.7. The first-order valence-corrected chi connectivity index (χ1v) is 13.7. The quantitative estimate of drug-likeness (QED) is 0.219. The van der Waals surface area contributed by atoms with E-state index in [-0.39, 0.29) is 0 Å². The zero-order chi connectivity index (χ0) is 27.1. The monoisotopic (exact) mass is 512 g/mol. The molecule has 2 nitrogen and oxygen atoms in total. The fourth-order valence-corrected chi connectivity index (χ4v) is 5.98. The lowest BCUT2D eigenvalue weighted by Gasteiger charge is -2.18. The molecular formula is C38H28N2. The summed E-state index contributed by atoms with van der Waals surface area (Å²) in [4.78, 5) is 8.52. The molecule has 0 N–H and O–H groups in total. The van der Waals surface area contributed by atoms with Crippen molar-refractivity contribution in [2.45, 2.75) is 13.8 Å². The number of benzene rings is 5. The van der Waals surface area contributed by atoms with Gasteiger partial charge in [0, 0.05) is 24.8 Å². The number of hydrogen-bond donors (Lipinski definition) is 0. The third-order valence-electron chi connectivity index (χ3n) is 7.94. The molecule has 40 heavy (non-hydrogen) atoms. The molecule has 0 unspecified atom stereocenters. The number of rotatable bonds is 4. The van der Waals surface area contributed by atoms with Crippen molar-refractivity contribution in [1.29, 1.82) is 0 Å². The summed E-state index contributed by atoms with van der Waals surface area (Å²) in [5, 5.41) is 5.05. The highest BCUT2D eigenvalue weighted by Gasteiger charge is 2.17. The van der Waals surface area contributed by atoms with Crippen LogP contribution in [0.1, 0.15) is 11.1 Å². The summed E-state index contributed by atoms with van der Waals surface area (Å²) in [6.07, 6.45) is 7.57. The predicted molar refractivity (Wildman–Crippen MR) is 168 cm³/mol. The summed E-state index contributed by atoms with van der Waals surface area (Å²) >= 11 is 0. The number of pyridine rings is 2. The van der Waals surface area contributed by atoms with Crippen LogP contribution < -0.4 is 0 Å². The zero-order valence-corrected chi connectivity index (χ0v) is 22.6. The average Bonchev–Trinajstić information content (AvgIpc) is 3.01. The molecule has 0 fully saturated rings. The van der Waals surface area contributed by atoms with Crippen LogP contribution in [-0.2, 0) is 0 Å². The van der Waals surface area contributed by atoms with E-state index < -0.39 is 0 Å². The zero-order valence-electron chi connectivity index (χ0n) is 22.6. The van der Waals surface area contributed by atoms with E-state index in [4.69, 9.17) is 0 Å². The second kappa shape index (κ2) is 9.91. The van der Waals surface area contributed by atoms with Crippen molar-refractivity contribution in [3.63, 3.8) is 0 Å². The molecule has 190 valence electrons. The molecule has 0 saturated carbocycles. The Labute approximate surface area is 234 Å². The van der Waals surface area contributed by atoms with Gasteiger partial charge < -0.3 is 0 Å². The topological polar surface area (TPSA) is 25.8 Å². The van der Waals surface area contributed by atoms with Crippen molar-refractivity contribution in [3.8, 4) is 44.5 Å². The molecule has 0 atom stereocenters. The molecule has 0 aliphatic carbocycles. The molecule has 2 aromatic heterocycles. The predicted octanol–water partition coefficient (Wildman–Crippen LogP) is 10.1. The van der Waals surface area contributed by atoms with Crippen LogP contribution in [0.2, 0.25) is 0 Å². The van der Waals surface area contributed by atoms with Crippen LogP contribution in [0.4, 0.5) is 0 Å². The highest BCUT2D eigenvalue weighted by molar-refractivity contribution is 6.21. The third kappa shape index (κ3) is 4.06. The van der Waals surface area contributed by atoms with Crippen LogP contribution in [0, 0.1) is 13.8 Å². The van der Waals surface area contributed by atoms with E-state index >= 15 is 0 Å². The summed E-state index contributed by atoms with van der Waals surface area (Å²) in [5.74, 6) is 0. The minimum Gasteiger partial charge on any atom is -0.264 e. The lowest BCUT2D eigenvalue weighted by atomic mass is 9.85. The Morgan fingerprint density at radius 3 is 1.02 bits per heavy atom. The molecule has 0 aliphatic rings. The van der Waals surface area contributed by atoms with Gasteiger partial charge in [0.05, 0.1) is 0 Å². The van der Waals surface area contributed by atoms with Gasteiger partial charge in [-0.15, -0.1) is 0 Å². The SMILES string of the molecule is Cc1cnccc1-c1ccc(-c2c3ccccc3c(-c3ccc(-c4ccncc4C)cc3)c3ccccc23)cc1. The minimum atomic E-state index is 1.18. The molecule has 0 aliphatic heterocycles. The molecule has 0 radical (unpaired) electrons. The van der Waals surface area contributed by atoms with Gasteiger partial charge in [-0.25, -0.2) is 0 Å². The number of fused-ring (bicyclic) bond motifs is 2. The average molecular weight is 513 g/mol. The van der Waals surface area contributed by atoms with Gasteiger partial charge in [0.2, 0.25) is 0 Å². The molecule has 5 aromatic carbocycles. The molecule has 0 amide bonds. The van der Waals surface area contributed by atoms with Crippen LogP contribution in [-0.4, -0.2) is 9.97 Å². The van der Waals surface area contributed by atoms with E-state index in [1.165, 1.54) is 77.2 Å². The molecule has 2 heterocycles. The van der Waals surface area contributed by atoms with E-state index in [0.717, 1.165) is 0 Å². The Balaban J connectivity index is 1.42. The molecule has 0 spiro atoms. The standard InChI is InChI=1S/C38H28N2/c1-25-23-39-21-19-31(25)27-11-15-29(16-12-27)37-33-7-3-5-9-35(33)38(36-10-6-4-8-34(36)37)30-17-13-28(14-18-30)32-20-22-40-24-26(32)2/h3-24H,1-2H3. The normalized spacial score (nSPS) is 11.2. The fourth-order valence-electron chi connectivity index (χ4n) is 5.98. The van der Waals surface area contributed by atoms with E-state index in [1.54, 1.807) is 0 Å². The Morgan fingerprint density at radius 2 is 0.700 bits per heavy atom. The fraction of sp³-hybridized carbons (Fsp3) is 0.0526. The molecule has 2 heteroatoms. The van der Waals surface area contributed by atoms with Gasteiger partial charge in [0.25, 0.3) is 0 Å². The van der Waals surface area contributed by atoms with Crippen LogP contribution in [0.3, 0.4) is 0 Å². The maximum Gasteiger partial charge on any atom is 0.0303 e. The number of nitrogens with zero attached hydrogens (tertiary/aromatic N) is 2. The smallest absolute Gasteiger partial charge is 0.0303 e. The van der Waals surface area contributed by atoms with E-state index in [2.05, 4.69) is 133 Å². The van der Waals surface area contributed by atoms with Crippen molar-refractivity contribution >= 4 is 21.5 Å². The summed E-state index contributed by atoms with van der Waals surface area (Å²) in [6, 6.07) is 39.8. The second-order valence-corrected chi connectivity index (χ2v) is 10.4. The van der Waals surface area contributed by atoms with Crippen LogP contribution in [0.15, 0.2) is 134 Å². The van der Waals surface area contributed by atoms with Crippen molar-refractivity contribution in [1.82, 2.24) is 9.97 Å². The first-order chi connectivity index (χ1) is 19.7. The van der Waals surface area contributed by atoms with Crippen molar-refractivity contribution in [3.05, 3.63) is 145 Å². The van der Waals surface area contributed by atoms with Crippen molar-refractivity contribution in [2.75, 3.05) is 0 Å². The van der Waals surface area contributed by atoms with Gasteiger partial charge in [-0.3, -0.25) is 9.97 Å². The summed E-state index contributed by atoms with van der Waals surface area (Å²) in [7, 11) is 0. The maximum absolute atomic E-state index is 4.26. The van der Waals surface area contributed by atoms with Gasteiger partial charge in [0.15, 0.2) is 0 Å². The van der Waals surface area contributed by atoms with Gasteiger partial charge >= 0.3 is 0 Å². The number of hydrogen-bond acceptors (Lipinski definition) is 2. The van der Waals surface area contributed by atoms with Gasteiger partial charge in [-0.05, 0) is 103 Å². The van der Waals surface area contributed by atoms with E-state index in [1.807, 2.05) is 24.8 Å². The highest BCUT2D eigenvalue weighted by Crippen LogP contribution is 2.44. The maximum atomic E-state index is 4.26. The highest BCUT2D eigenvalue weighted by atomic mass is 14.6. The lowest BCUT2D eigenvalue weighted by molar-refractivity contribution is 1.27. The minimum absolute atomic E-state index is 1.18. The molecule has 0 bridgehead atoms. The third-order valence-corrected chi connectivity index (χ3v) is 7.94. The van der Waals surface area contributed by atoms with E-state index in [0.29, 0.717) is 0 Å². The van der Waals surface area contributed by atoms with Gasteiger partial charge in [0.1, 0.15) is 0 Å². The molecule has 0 saturated heterocycles. The molecular weight excluding hydrogens is 484 g/mol. The Kier molecular flexibility index (Phi) is 5.94. The van der Waals surface area contributed by atoms with Gasteiger partial charge in [-0.1, -0.05) is 97.1 Å². The second-order valence-electron chi connectivity index (χ2n) is 10.4. The Morgan fingerprint density at radius 1 is 0.375 bits per heavy atom. The molecule has 7 aromatic rings. The van der Waals surface area contributed by atoms with Crippen LogP contribution in [0.25, 0.3) is 66.1 Å². The summed E-state index contributed by atoms with van der Waals surface area (Å²) in [5.41, 5.74) is 12.2. The Bertz CT molecular complexity index is 1800. The van der Waals surface area contributed by atoms with Crippen molar-refractivity contribution < 1.29 is 0 Å². The van der Waals surface area contributed by atoms with Crippen LogP contribution >= 0.6 is 0 Å². The lowest BCUT2D eigenvalue weighted by Crippen LogP contribution is -1.91.